The van der Waals surface area contributed by atoms with Crippen molar-refractivity contribution in [1.29, 1.82) is 0 Å². The maximum Gasteiger partial charge on any atom is 0.103 e. The summed E-state index contributed by atoms with van der Waals surface area (Å²) in [6.45, 7) is 1.92. The molecule has 92 valence electrons. The monoisotopic (exact) mass is 296 g/mol. The fourth-order valence-electron chi connectivity index (χ4n) is 2.33. The van der Waals surface area contributed by atoms with E-state index in [1.54, 1.807) is 0 Å². The SMILES string of the molecule is Brc1ccc(C2OCCC2CNC2CC2)nc1. The molecule has 2 fully saturated rings. The molecule has 0 aromatic carbocycles. The predicted octanol–water partition coefficient (Wildman–Crippen LogP) is 2.67. The molecule has 0 bridgehead atoms. The van der Waals surface area contributed by atoms with Gasteiger partial charge in [-0.3, -0.25) is 4.98 Å². The van der Waals surface area contributed by atoms with Gasteiger partial charge in [0.25, 0.3) is 0 Å². The summed E-state index contributed by atoms with van der Waals surface area (Å²) >= 11 is 3.41. The molecule has 1 aromatic heterocycles. The zero-order valence-corrected chi connectivity index (χ0v) is 11.3. The first kappa shape index (κ1) is 11.6. The van der Waals surface area contributed by atoms with Gasteiger partial charge in [0.1, 0.15) is 6.10 Å². The average Bonchev–Trinajstić information content (AvgIpc) is 3.06. The molecule has 1 aromatic rings. The topological polar surface area (TPSA) is 34.1 Å². The van der Waals surface area contributed by atoms with Gasteiger partial charge >= 0.3 is 0 Å². The second kappa shape index (κ2) is 5.04. The molecule has 4 heteroatoms. The van der Waals surface area contributed by atoms with Gasteiger partial charge in [-0.1, -0.05) is 0 Å². The van der Waals surface area contributed by atoms with E-state index in [0.29, 0.717) is 5.92 Å². The van der Waals surface area contributed by atoms with Crippen molar-refractivity contribution in [3.63, 3.8) is 0 Å². The van der Waals surface area contributed by atoms with Gasteiger partial charge < -0.3 is 10.1 Å². The number of aromatic nitrogens is 1. The zero-order chi connectivity index (χ0) is 11.7. The first-order valence-electron chi connectivity index (χ1n) is 6.29. The van der Waals surface area contributed by atoms with E-state index >= 15 is 0 Å². The highest BCUT2D eigenvalue weighted by Crippen LogP contribution is 2.34. The molecule has 2 heterocycles. The van der Waals surface area contributed by atoms with Crippen LogP contribution >= 0.6 is 15.9 Å². The second-order valence-corrected chi connectivity index (χ2v) is 5.84. The predicted molar refractivity (Wildman–Crippen MR) is 69.8 cm³/mol. The Kier molecular flexibility index (Phi) is 3.45. The van der Waals surface area contributed by atoms with Crippen LogP contribution in [0.1, 0.15) is 31.1 Å². The van der Waals surface area contributed by atoms with Crippen LogP contribution in [0.5, 0.6) is 0 Å². The molecular formula is C13H17BrN2O. The molecule has 2 unspecified atom stereocenters. The van der Waals surface area contributed by atoms with Gasteiger partial charge in [-0.15, -0.1) is 0 Å². The summed E-state index contributed by atoms with van der Waals surface area (Å²) < 4.78 is 6.85. The standard InChI is InChI=1S/C13H17BrN2O/c14-10-1-4-12(16-8-10)13-9(5-6-17-13)7-15-11-2-3-11/h1,4,8-9,11,13,15H,2-3,5-7H2. The van der Waals surface area contributed by atoms with E-state index in [-0.39, 0.29) is 6.10 Å². The van der Waals surface area contributed by atoms with Crippen molar-refractivity contribution in [1.82, 2.24) is 10.3 Å². The number of hydrogen-bond acceptors (Lipinski definition) is 3. The Hall–Kier alpha value is -0.450. The third-order valence-electron chi connectivity index (χ3n) is 3.50. The Morgan fingerprint density at radius 1 is 1.35 bits per heavy atom. The molecule has 1 aliphatic heterocycles. The summed E-state index contributed by atoms with van der Waals surface area (Å²) in [6.07, 6.45) is 5.85. The van der Waals surface area contributed by atoms with Crippen molar-refractivity contribution >= 4 is 15.9 Å². The van der Waals surface area contributed by atoms with Crippen LogP contribution in [0.2, 0.25) is 0 Å². The van der Waals surface area contributed by atoms with Crippen LogP contribution in [0.3, 0.4) is 0 Å². The van der Waals surface area contributed by atoms with Crippen molar-refractivity contribution < 1.29 is 4.74 Å². The van der Waals surface area contributed by atoms with Crippen LogP contribution in [0.15, 0.2) is 22.8 Å². The van der Waals surface area contributed by atoms with Crippen molar-refractivity contribution in [2.24, 2.45) is 5.92 Å². The largest absolute Gasteiger partial charge is 0.372 e. The van der Waals surface area contributed by atoms with Gasteiger partial charge in [0.15, 0.2) is 0 Å². The van der Waals surface area contributed by atoms with E-state index in [1.807, 2.05) is 12.3 Å². The number of nitrogens with zero attached hydrogens (tertiary/aromatic N) is 1. The summed E-state index contributed by atoms with van der Waals surface area (Å²) in [5, 5.41) is 3.59. The highest BCUT2D eigenvalue weighted by molar-refractivity contribution is 9.10. The van der Waals surface area contributed by atoms with Crippen molar-refractivity contribution in [2.75, 3.05) is 13.2 Å². The van der Waals surface area contributed by atoms with Crippen LogP contribution < -0.4 is 5.32 Å². The van der Waals surface area contributed by atoms with Crippen LogP contribution in [-0.4, -0.2) is 24.2 Å². The zero-order valence-electron chi connectivity index (χ0n) is 9.73. The molecule has 1 N–H and O–H groups in total. The highest BCUT2D eigenvalue weighted by atomic mass is 79.9. The molecule has 3 rings (SSSR count). The summed E-state index contributed by atoms with van der Waals surface area (Å²) in [4.78, 5) is 4.45. The van der Waals surface area contributed by atoms with Gasteiger partial charge in [0.2, 0.25) is 0 Å². The minimum Gasteiger partial charge on any atom is -0.372 e. The quantitative estimate of drug-likeness (QED) is 0.928. The van der Waals surface area contributed by atoms with Gasteiger partial charge in [0.05, 0.1) is 5.69 Å². The van der Waals surface area contributed by atoms with E-state index < -0.39 is 0 Å². The van der Waals surface area contributed by atoms with E-state index in [2.05, 4.69) is 32.3 Å². The van der Waals surface area contributed by atoms with Crippen LogP contribution in [0, 0.1) is 5.92 Å². The maximum absolute atomic E-state index is 5.83. The lowest BCUT2D eigenvalue weighted by molar-refractivity contribution is 0.0870. The fourth-order valence-corrected chi connectivity index (χ4v) is 2.57. The molecular weight excluding hydrogens is 280 g/mol. The molecule has 17 heavy (non-hydrogen) atoms. The average molecular weight is 297 g/mol. The normalized spacial score (nSPS) is 28.5. The van der Waals surface area contributed by atoms with Crippen LogP contribution in [0.4, 0.5) is 0 Å². The van der Waals surface area contributed by atoms with Crippen molar-refractivity contribution in [3.8, 4) is 0 Å². The van der Waals surface area contributed by atoms with Gasteiger partial charge in [-0.05, 0) is 47.3 Å². The molecule has 2 aliphatic rings. The maximum atomic E-state index is 5.83. The third kappa shape index (κ3) is 2.87. The summed E-state index contributed by atoms with van der Waals surface area (Å²) in [5.74, 6) is 0.573. The number of ether oxygens (including phenoxy) is 1. The van der Waals surface area contributed by atoms with Crippen molar-refractivity contribution in [2.45, 2.75) is 31.4 Å². The minimum absolute atomic E-state index is 0.175. The fraction of sp³-hybridized carbons (Fsp3) is 0.615. The van der Waals surface area contributed by atoms with E-state index in [0.717, 1.165) is 35.8 Å². The Labute approximate surface area is 110 Å². The molecule has 0 spiro atoms. The van der Waals surface area contributed by atoms with Crippen LogP contribution in [0.25, 0.3) is 0 Å². The first-order chi connectivity index (χ1) is 8.33. The summed E-state index contributed by atoms with van der Waals surface area (Å²) in [6, 6.07) is 4.87. The second-order valence-electron chi connectivity index (χ2n) is 4.92. The lowest BCUT2D eigenvalue weighted by atomic mass is 9.98. The number of rotatable bonds is 4. The van der Waals surface area contributed by atoms with E-state index in [4.69, 9.17) is 4.74 Å². The summed E-state index contributed by atoms with van der Waals surface area (Å²) in [7, 11) is 0. The smallest absolute Gasteiger partial charge is 0.103 e. The van der Waals surface area contributed by atoms with Gasteiger partial charge in [0, 0.05) is 35.8 Å². The van der Waals surface area contributed by atoms with Crippen LogP contribution in [-0.2, 0) is 4.74 Å². The third-order valence-corrected chi connectivity index (χ3v) is 3.97. The van der Waals surface area contributed by atoms with Gasteiger partial charge in [-0.25, -0.2) is 0 Å². The first-order valence-corrected chi connectivity index (χ1v) is 7.08. The molecule has 2 atom stereocenters. The molecule has 0 amide bonds. The lowest BCUT2D eigenvalue weighted by Gasteiger charge is -2.18. The van der Waals surface area contributed by atoms with E-state index in [9.17, 15) is 0 Å². The number of nitrogens with one attached hydrogen (secondary N) is 1. The Morgan fingerprint density at radius 2 is 2.24 bits per heavy atom. The molecule has 3 nitrogen and oxygen atoms in total. The Morgan fingerprint density at radius 3 is 2.94 bits per heavy atom. The minimum atomic E-state index is 0.175. The number of pyridine rings is 1. The van der Waals surface area contributed by atoms with Gasteiger partial charge in [-0.2, -0.15) is 0 Å². The molecule has 0 radical (unpaired) electrons. The molecule has 1 saturated heterocycles. The lowest BCUT2D eigenvalue weighted by Crippen LogP contribution is -2.26. The van der Waals surface area contributed by atoms with Crippen molar-refractivity contribution in [3.05, 3.63) is 28.5 Å². The number of halogens is 1. The molecule has 1 aliphatic carbocycles. The molecule has 1 saturated carbocycles. The number of hydrogen-bond donors (Lipinski definition) is 1. The van der Waals surface area contributed by atoms with E-state index in [1.165, 1.54) is 12.8 Å². The highest BCUT2D eigenvalue weighted by Gasteiger charge is 2.32. The Bertz CT molecular complexity index is 378. The Balaban J connectivity index is 1.65. The summed E-state index contributed by atoms with van der Waals surface area (Å²) in [5.41, 5.74) is 1.06.